The SMILES string of the molecule is COc1ccc(C(C)=NCC(C)N=C(C)c2ccc(OC)cc2[O-])c([O-])c1. The van der Waals surface area contributed by atoms with Crippen molar-refractivity contribution in [2.24, 2.45) is 9.98 Å². The molecule has 2 aromatic rings. The molecule has 6 nitrogen and oxygen atoms in total. The van der Waals surface area contributed by atoms with E-state index in [1.165, 1.54) is 26.4 Å². The van der Waals surface area contributed by atoms with E-state index in [0.29, 0.717) is 40.6 Å². The van der Waals surface area contributed by atoms with Crippen molar-refractivity contribution in [2.75, 3.05) is 20.8 Å². The van der Waals surface area contributed by atoms with Gasteiger partial charge in [0, 0.05) is 11.4 Å². The fourth-order valence-electron chi connectivity index (χ4n) is 2.65. The lowest BCUT2D eigenvalue weighted by Gasteiger charge is -2.16. The van der Waals surface area contributed by atoms with Gasteiger partial charge in [-0.15, -0.1) is 0 Å². The highest BCUT2D eigenvalue weighted by atomic mass is 16.5. The number of hydrogen-bond donors (Lipinski definition) is 0. The molecule has 0 aromatic heterocycles. The Kier molecular flexibility index (Phi) is 6.82. The van der Waals surface area contributed by atoms with Gasteiger partial charge < -0.3 is 19.7 Å². The van der Waals surface area contributed by atoms with Crippen LogP contribution in [0.25, 0.3) is 0 Å². The van der Waals surface area contributed by atoms with Gasteiger partial charge in [0.15, 0.2) is 0 Å². The Morgan fingerprint density at radius 1 is 0.889 bits per heavy atom. The van der Waals surface area contributed by atoms with Gasteiger partial charge in [-0.05, 0) is 56.2 Å². The van der Waals surface area contributed by atoms with Crippen LogP contribution >= 0.6 is 0 Å². The summed E-state index contributed by atoms with van der Waals surface area (Å²) in [7, 11) is 3.04. The van der Waals surface area contributed by atoms with E-state index < -0.39 is 0 Å². The number of rotatable bonds is 7. The van der Waals surface area contributed by atoms with Crippen LogP contribution in [0.15, 0.2) is 46.4 Å². The highest BCUT2D eigenvalue weighted by Gasteiger charge is 2.05. The standard InChI is InChI=1S/C21H26N2O4/c1-13(23-15(3)19-9-7-17(27-5)11-21(19)25)12-22-14(2)18-8-6-16(26-4)10-20(18)24/h6-11,13,24-25H,12H2,1-5H3/p-2. The van der Waals surface area contributed by atoms with Crippen molar-refractivity contribution in [3.8, 4) is 23.0 Å². The van der Waals surface area contributed by atoms with E-state index in [2.05, 4.69) is 9.98 Å². The molecule has 0 aliphatic carbocycles. The van der Waals surface area contributed by atoms with Crippen molar-refractivity contribution < 1.29 is 19.7 Å². The summed E-state index contributed by atoms with van der Waals surface area (Å²) in [6.07, 6.45) is 0. The van der Waals surface area contributed by atoms with Crippen molar-refractivity contribution in [3.05, 3.63) is 47.5 Å². The minimum absolute atomic E-state index is 0.128. The second kappa shape index (κ2) is 9.07. The summed E-state index contributed by atoms with van der Waals surface area (Å²) >= 11 is 0. The smallest absolute Gasteiger partial charge is 0.118 e. The Balaban J connectivity index is 2.11. The van der Waals surface area contributed by atoms with E-state index in [0.717, 1.165) is 0 Å². The Labute approximate surface area is 159 Å². The first-order valence-corrected chi connectivity index (χ1v) is 8.62. The molecule has 2 rings (SSSR count). The van der Waals surface area contributed by atoms with Gasteiger partial charge in [0.2, 0.25) is 0 Å². The van der Waals surface area contributed by atoms with Gasteiger partial charge in [0.25, 0.3) is 0 Å². The third-order valence-corrected chi connectivity index (χ3v) is 4.16. The Hall–Kier alpha value is -3.02. The summed E-state index contributed by atoms with van der Waals surface area (Å²) in [5.74, 6) is 0.796. The van der Waals surface area contributed by atoms with Crippen LogP contribution < -0.4 is 19.7 Å². The van der Waals surface area contributed by atoms with Crippen LogP contribution in [-0.2, 0) is 0 Å². The number of ether oxygens (including phenoxy) is 2. The first-order chi connectivity index (χ1) is 12.8. The summed E-state index contributed by atoms with van der Waals surface area (Å²) in [6.45, 7) is 5.93. The summed E-state index contributed by atoms with van der Waals surface area (Å²) in [4.78, 5) is 9.03. The first kappa shape index (κ1) is 20.3. The Morgan fingerprint density at radius 2 is 1.37 bits per heavy atom. The second-order valence-corrected chi connectivity index (χ2v) is 6.21. The monoisotopic (exact) mass is 368 g/mol. The lowest BCUT2D eigenvalue weighted by molar-refractivity contribution is -0.269. The first-order valence-electron chi connectivity index (χ1n) is 8.62. The molecule has 1 atom stereocenters. The molecule has 144 valence electrons. The highest BCUT2D eigenvalue weighted by molar-refractivity contribution is 6.02. The lowest BCUT2D eigenvalue weighted by Crippen LogP contribution is -2.11. The molecule has 0 bridgehead atoms. The highest BCUT2D eigenvalue weighted by Crippen LogP contribution is 2.23. The third-order valence-electron chi connectivity index (χ3n) is 4.16. The molecule has 0 radical (unpaired) electrons. The van der Waals surface area contributed by atoms with Crippen molar-refractivity contribution in [1.82, 2.24) is 0 Å². The number of nitrogens with zero attached hydrogens (tertiary/aromatic N) is 2. The molecular weight excluding hydrogens is 344 g/mol. The van der Waals surface area contributed by atoms with Crippen LogP contribution in [0.3, 0.4) is 0 Å². The van der Waals surface area contributed by atoms with E-state index in [1.807, 2.05) is 6.92 Å². The molecule has 0 heterocycles. The second-order valence-electron chi connectivity index (χ2n) is 6.21. The van der Waals surface area contributed by atoms with Gasteiger partial charge in [-0.3, -0.25) is 9.98 Å². The summed E-state index contributed by atoms with van der Waals surface area (Å²) < 4.78 is 10.1. The summed E-state index contributed by atoms with van der Waals surface area (Å²) in [5.41, 5.74) is 2.38. The van der Waals surface area contributed by atoms with Gasteiger partial charge in [-0.2, -0.15) is 0 Å². The zero-order valence-electron chi connectivity index (χ0n) is 16.3. The number of methoxy groups -OCH3 is 2. The quantitative estimate of drug-likeness (QED) is 0.703. The minimum Gasteiger partial charge on any atom is -0.872 e. The predicted molar refractivity (Wildman–Crippen MR) is 104 cm³/mol. The largest absolute Gasteiger partial charge is 0.872 e. The van der Waals surface area contributed by atoms with E-state index in [1.54, 1.807) is 38.1 Å². The topological polar surface area (TPSA) is 89.3 Å². The normalized spacial score (nSPS) is 13.4. The average Bonchev–Trinajstić information content (AvgIpc) is 2.65. The van der Waals surface area contributed by atoms with Crippen molar-refractivity contribution in [1.29, 1.82) is 0 Å². The molecular formula is C21H24N2O4-2. The molecule has 2 aromatic carbocycles. The van der Waals surface area contributed by atoms with Crippen LogP contribution in [0.2, 0.25) is 0 Å². The fraction of sp³-hybridized carbons (Fsp3) is 0.333. The van der Waals surface area contributed by atoms with E-state index >= 15 is 0 Å². The van der Waals surface area contributed by atoms with Crippen LogP contribution in [-0.4, -0.2) is 38.2 Å². The minimum atomic E-state index is -0.130. The Bertz CT molecular complexity index is 859. The molecule has 0 spiro atoms. The Morgan fingerprint density at radius 3 is 1.81 bits per heavy atom. The summed E-state index contributed by atoms with van der Waals surface area (Å²) in [6, 6.07) is 9.65. The maximum absolute atomic E-state index is 12.1. The van der Waals surface area contributed by atoms with Crippen LogP contribution in [0.4, 0.5) is 0 Å². The molecule has 0 aliphatic heterocycles. The lowest BCUT2D eigenvalue weighted by atomic mass is 10.1. The van der Waals surface area contributed by atoms with Crippen LogP contribution in [0.1, 0.15) is 31.9 Å². The van der Waals surface area contributed by atoms with Gasteiger partial charge in [-0.1, -0.05) is 23.6 Å². The maximum Gasteiger partial charge on any atom is 0.118 e. The van der Waals surface area contributed by atoms with Crippen molar-refractivity contribution in [2.45, 2.75) is 26.8 Å². The molecule has 27 heavy (non-hydrogen) atoms. The zero-order valence-corrected chi connectivity index (χ0v) is 16.3. The number of benzene rings is 2. The third kappa shape index (κ3) is 5.23. The van der Waals surface area contributed by atoms with E-state index in [4.69, 9.17) is 9.47 Å². The molecule has 0 aliphatic rings. The maximum atomic E-state index is 12.1. The molecule has 6 heteroatoms. The summed E-state index contributed by atoms with van der Waals surface area (Å²) in [5, 5.41) is 24.2. The van der Waals surface area contributed by atoms with Crippen molar-refractivity contribution in [3.63, 3.8) is 0 Å². The van der Waals surface area contributed by atoms with E-state index in [9.17, 15) is 10.2 Å². The molecule has 0 amide bonds. The molecule has 0 fully saturated rings. The number of aliphatic imine (C=N–C) groups is 2. The van der Waals surface area contributed by atoms with Crippen LogP contribution in [0.5, 0.6) is 23.0 Å². The fourth-order valence-corrected chi connectivity index (χ4v) is 2.65. The van der Waals surface area contributed by atoms with Crippen molar-refractivity contribution >= 4 is 11.4 Å². The molecule has 0 saturated heterocycles. The van der Waals surface area contributed by atoms with Crippen LogP contribution in [0, 0.1) is 0 Å². The van der Waals surface area contributed by atoms with Gasteiger partial charge >= 0.3 is 0 Å². The zero-order chi connectivity index (χ0) is 20.0. The molecule has 0 N–H and O–H groups in total. The predicted octanol–water partition coefficient (Wildman–Crippen LogP) is 2.56. The van der Waals surface area contributed by atoms with Gasteiger partial charge in [-0.25, -0.2) is 0 Å². The van der Waals surface area contributed by atoms with E-state index in [-0.39, 0.29) is 17.5 Å². The average molecular weight is 368 g/mol. The van der Waals surface area contributed by atoms with Gasteiger partial charge in [0.05, 0.1) is 26.8 Å². The molecule has 1 unspecified atom stereocenters. The molecule has 0 saturated carbocycles. The number of hydrogen-bond acceptors (Lipinski definition) is 6. The van der Waals surface area contributed by atoms with Gasteiger partial charge in [0.1, 0.15) is 11.5 Å².